The topological polar surface area (TPSA) is 63.6 Å². The van der Waals surface area contributed by atoms with Gasteiger partial charge in [-0.05, 0) is 19.3 Å². The maximum absolute atomic E-state index is 11.9. The van der Waals surface area contributed by atoms with Crippen LogP contribution in [0, 0.1) is 0 Å². The highest BCUT2D eigenvalue weighted by Crippen LogP contribution is 2.17. The molecule has 0 unspecified atom stereocenters. The average molecular weight is 850 g/mol. The van der Waals surface area contributed by atoms with E-state index in [1.165, 1.54) is 276 Å². The Morgan fingerprint density at radius 3 is 0.567 bits per heavy atom. The van der Waals surface area contributed by atoms with Crippen molar-refractivity contribution >= 4 is 11.9 Å². The Balaban J connectivity index is 0. The van der Waals surface area contributed by atoms with Gasteiger partial charge in [0.2, 0.25) is 0 Å². The minimum Gasteiger partial charge on any atom is -0.396 e. The molecule has 4 nitrogen and oxygen atoms in total. The lowest BCUT2D eigenvalue weighted by molar-refractivity contribution is -0.159. The van der Waals surface area contributed by atoms with E-state index in [4.69, 9.17) is 9.84 Å². The molecule has 0 spiro atoms. The Hall–Kier alpha value is -0.900. The van der Waals surface area contributed by atoms with Crippen molar-refractivity contribution in [2.24, 2.45) is 0 Å². The molecule has 0 aromatic rings. The van der Waals surface area contributed by atoms with Gasteiger partial charge in [0.25, 0.3) is 0 Å². The summed E-state index contributed by atoms with van der Waals surface area (Å²) in [6.07, 6.45) is 65.3. The van der Waals surface area contributed by atoms with E-state index in [1.807, 2.05) is 0 Å². The zero-order valence-corrected chi connectivity index (χ0v) is 41.7. The molecule has 0 radical (unpaired) electrons. The number of hydrogen-bond acceptors (Lipinski definition) is 4. The van der Waals surface area contributed by atoms with Gasteiger partial charge in [0.1, 0.15) is 0 Å². The van der Waals surface area contributed by atoms with Gasteiger partial charge in [-0.2, -0.15) is 0 Å². The normalized spacial score (nSPS) is 11.2. The second-order valence-electron chi connectivity index (χ2n) is 19.0. The Labute approximate surface area is 378 Å². The van der Waals surface area contributed by atoms with Crippen LogP contribution in [0.5, 0.6) is 0 Å². The monoisotopic (exact) mass is 849 g/mol. The average Bonchev–Trinajstić information content (AvgIpc) is 3.25. The van der Waals surface area contributed by atoms with Crippen molar-refractivity contribution in [2.45, 2.75) is 342 Å². The van der Waals surface area contributed by atoms with Gasteiger partial charge in [-0.3, -0.25) is 9.59 Å². The van der Waals surface area contributed by atoms with E-state index in [0.29, 0.717) is 19.4 Å². The second-order valence-corrected chi connectivity index (χ2v) is 19.0. The van der Waals surface area contributed by atoms with Gasteiger partial charge in [0.05, 0.1) is 0 Å². The smallest absolute Gasteiger partial charge is 0.313 e. The fourth-order valence-corrected chi connectivity index (χ4v) is 8.52. The molecule has 0 aliphatic heterocycles. The molecule has 360 valence electrons. The molecule has 0 atom stereocenters. The first-order chi connectivity index (χ1) is 29.6. The van der Waals surface area contributed by atoms with Gasteiger partial charge in [0.15, 0.2) is 0 Å². The zero-order chi connectivity index (χ0) is 43.9. The van der Waals surface area contributed by atoms with Crippen LogP contribution in [0.2, 0.25) is 0 Å². The Bertz CT molecular complexity index is 719. The lowest BCUT2D eigenvalue weighted by Gasteiger charge is -2.05. The van der Waals surface area contributed by atoms with Crippen LogP contribution in [0.3, 0.4) is 0 Å². The van der Waals surface area contributed by atoms with Crippen LogP contribution in [-0.4, -0.2) is 23.7 Å². The number of unbranched alkanes of at least 4 members (excludes halogenated alkanes) is 45. The predicted octanol–water partition coefficient (Wildman–Crippen LogP) is 19.6. The Morgan fingerprint density at radius 1 is 0.250 bits per heavy atom. The highest BCUT2D eigenvalue weighted by molar-refractivity contribution is 5.85. The minimum absolute atomic E-state index is 0.323. The summed E-state index contributed by atoms with van der Waals surface area (Å²) in [5, 5.41) is 8.69. The third kappa shape index (κ3) is 59.2. The van der Waals surface area contributed by atoms with Crippen molar-refractivity contribution in [3.8, 4) is 0 Å². The number of rotatable bonds is 50. The molecule has 0 aliphatic carbocycles. The highest BCUT2D eigenvalue weighted by Gasteiger charge is 2.10. The van der Waals surface area contributed by atoms with Crippen molar-refractivity contribution < 1.29 is 19.4 Å². The summed E-state index contributed by atoms with van der Waals surface area (Å²) >= 11 is 0. The van der Waals surface area contributed by atoms with Crippen LogP contribution in [0.1, 0.15) is 342 Å². The largest absolute Gasteiger partial charge is 0.396 e. The van der Waals surface area contributed by atoms with E-state index in [2.05, 4.69) is 20.8 Å². The van der Waals surface area contributed by atoms with Crippen molar-refractivity contribution in [2.75, 3.05) is 6.61 Å². The molecule has 0 rings (SSSR count). The van der Waals surface area contributed by atoms with Gasteiger partial charge >= 0.3 is 11.9 Å². The number of aliphatic hydroxyl groups excluding tert-OH is 1. The van der Waals surface area contributed by atoms with Crippen LogP contribution < -0.4 is 0 Å². The molecule has 0 aliphatic rings. The van der Waals surface area contributed by atoms with E-state index in [-0.39, 0.29) is 11.9 Å². The summed E-state index contributed by atoms with van der Waals surface area (Å²) in [4.78, 5) is 23.8. The van der Waals surface area contributed by atoms with E-state index in [0.717, 1.165) is 32.1 Å². The summed E-state index contributed by atoms with van der Waals surface area (Å²) < 4.78 is 5.01. The number of aliphatic hydroxyl groups is 1. The summed E-state index contributed by atoms with van der Waals surface area (Å²) in [6.45, 7) is 7.22. The standard InChI is InChI=1S/C36H70O3.C20H42O/c1-3-5-7-9-11-13-15-17-19-21-23-25-27-29-31-33-35(37)39-36(38)34-32-30-28-26-24-22-20-18-16-14-12-10-8-6-4-2;1-2-3-4-5-6-7-8-9-10-11-12-13-14-15-16-17-18-19-20-21/h3-34H2,1-2H3;21H,2-20H2,1H3. The number of carbonyl (C=O) groups excluding carboxylic acids is 2. The first kappa shape index (κ1) is 61.2. The number of ether oxygens (including phenoxy) is 1. The molecule has 0 aromatic carbocycles. The molecule has 0 amide bonds. The van der Waals surface area contributed by atoms with Crippen molar-refractivity contribution in [3.63, 3.8) is 0 Å². The third-order valence-corrected chi connectivity index (χ3v) is 12.7. The van der Waals surface area contributed by atoms with E-state index in [9.17, 15) is 9.59 Å². The molecule has 0 saturated carbocycles. The van der Waals surface area contributed by atoms with Crippen LogP contribution in [-0.2, 0) is 14.3 Å². The van der Waals surface area contributed by atoms with E-state index in [1.54, 1.807) is 0 Å². The van der Waals surface area contributed by atoms with Crippen LogP contribution in [0.4, 0.5) is 0 Å². The summed E-state index contributed by atoms with van der Waals surface area (Å²) in [6, 6.07) is 0. The Morgan fingerprint density at radius 2 is 0.400 bits per heavy atom. The summed E-state index contributed by atoms with van der Waals surface area (Å²) in [7, 11) is 0. The lowest BCUT2D eigenvalue weighted by atomic mass is 10.0. The third-order valence-electron chi connectivity index (χ3n) is 12.7. The van der Waals surface area contributed by atoms with Gasteiger partial charge in [-0.1, -0.05) is 310 Å². The predicted molar refractivity (Wildman–Crippen MR) is 266 cm³/mol. The molecule has 4 heteroatoms. The maximum Gasteiger partial charge on any atom is 0.313 e. The maximum atomic E-state index is 11.9. The number of esters is 2. The van der Waals surface area contributed by atoms with Gasteiger partial charge in [-0.15, -0.1) is 0 Å². The molecule has 0 heterocycles. The molecular weight excluding hydrogens is 737 g/mol. The molecule has 60 heavy (non-hydrogen) atoms. The molecule has 0 aromatic heterocycles. The van der Waals surface area contributed by atoms with Crippen molar-refractivity contribution in [3.05, 3.63) is 0 Å². The summed E-state index contributed by atoms with van der Waals surface area (Å²) in [5.41, 5.74) is 0. The Kier molecular flexibility index (Phi) is 59.3. The molecule has 0 fully saturated rings. The van der Waals surface area contributed by atoms with Crippen LogP contribution >= 0.6 is 0 Å². The molecule has 1 N–H and O–H groups in total. The summed E-state index contributed by atoms with van der Waals surface area (Å²) in [5.74, 6) is -0.647. The van der Waals surface area contributed by atoms with Gasteiger partial charge < -0.3 is 9.84 Å². The van der Waals surface area contributed by atoms with Gasteiger partial charge in [0, 0.05) is 19.4 Å². The van der Waals surface area contributed by atoms with Crippen LogP contribution in [0.25, 0.3) is 0 Å². The SMILES string of the molecule is CCCCCCCCCCCCCCCCCC(=O)OC(=O)CCCCCCCCCCCCCCCCC.CCCCCCCCCCCCCCCCCCCCO. The highest BCUT2D eigenvalue weighted by atomic mass is 16.6. The quantitative estimate of drug-likeness (QED) is 0.0376. The van der Waals surface area contributed by atoms with Crippen molar-refractivity contribution in [1.29, 1.82) is 0 Å². The number of carbonyl (C=O) groups is 2. The minimum atomic E-state index is -0.323. The number of hydrogen-bond donors (Lipinski definition) is 1. The molecular formula is C56H112O4. The fourth-order valence-electron chi connectivity index (χ4n) is 8.52. The zero-order valence-electron chi connectivity index (χ0n) is 41.7. The molecule has 0 bridgehead atoms. The van der Waals surface area contributed by atoms with Crippen molar-refractivity contribution in [1.82, 2.24) is 0 Å². The molecule has 0 saturated heterocycles. The van der Waals surface area contributed by atoms with E-state index < -0.39 is 0 Å². The van der Waals surface area contributed by atoms with E-state index >= 15 is 0 Å². The first-order valence-corrected chi connectivity index (χ1v) is 28.0. The van der Waals surface area contributed by atoms with Crippen LogP contribution in [0.15, 0.2) is 0 Å². The fraction of sp³-hybridized carbons (Fsp3) is 0.964. The lowest BCUT2D eigenvalue weighted by Crippen LogP contribution is -2.11. The first-order valence-electron chi connectivity index (χ1n) is 28.0. The second kappa shape index (κ2) is 58.1. The van der Waals surface area contributed by atoms with Gasteiger partial charge in [-0.25, -0.2) is 0 Å².